The van der Waals surface area contributed by atoms with Crippen LogP contribution in [0.3, 0.4) is 0 Å². The Labute approximate surface area is 173 Å². The summed E-state index contributed by atoms with van der Waals surface area (Å²) in [5.41, 5.74) is 11.0. The monoisotopic (exact) mass is 402 g/mol. The lowest BCUT2D eigenvalue weighted by Gasteiger charge is -2.12. The van der Waals surface area contributed by atoms with Crippen LogP contribution < -0.4 is 11.1 Å². The molecule has 3 N–H and O–H groups in total. The van der Waals surface area contributed by atoms with Crippen molar-refractivity contribution in [1.29, 1.82) is 0 Å². The predicted molar refractivity (Wildman–Crippen MR) is 120 cm³/mol. The molecule has 146 valence electrons. The van der Waals surface area contributed by atoms with Crippen LogP contribution in [0.15, 0.2) is 42.6 Å². The Morgan fingerprint density at radius 2 is 1.90 bits per heavy atom. The predicted octanol–water partition coefficient (Wildman–Crippen LogP) is 5.34. The zero-order valence-electron chi connectivity index (χ0n) is 16.1. The summed E-state index contributed by atoms with van der Waals surface area (Å²) < 4.78 is 0. The van der Waals surface area contributed by atoms with Crippen molar-refractivity contribution < 1.29 is 4.79 Å². The van der Waals surface area contributed by atoms with E-state index in [0.29, 0.717) is 10.6 Å². The van der Waals surface area contributed by atoms with E-state index >= 15 is 0 Å². The maximum atomic E-state index is 13.1. The van der Waals surface area contributed by atoms with Gasteiger partial charge in [-0.2, -0.15) is 0 Å². The molecule has 0 saturated heterocycles. The molecule has 0 radical (unpaired) electrons. The van der Waals surface area contributed by atoms with Crippen LogP contribution in [0.2, 0.25) is 0 Å². The van der Waals surface area contributed by atoms with Gasteiger partial charge in [0.25, 0.3) is 5.91 Å². The van der Waals surface area contributed by atoms with Gasteiger partial charge in [-0.25, -0.2) is 4.98 Å². The van der Waals surface area contributed by atoms with Crippen molar-refractivity contribution in [2.75, 3.05) is 11.1 Å². The lowest BCUT2D eigenvalue weighted by Crippen LogP contribution is -2.12. The summed E-state index contributed by atoms with van der Waals surface area (Å²) in [5, 5.41) is 4.82. The highest BCUT2D eigenvalue weighted by atomic mass is 32.1. The Morgan fingerprint density at radius 1 is 1.03 bits per heavy atom. The maximum Gasteiger partial charge on any atom is 0.267 e. The summed E-state index contributed by atoms with van der Waals surface area (Å²) in [6.07, 6.45) is 8.69. The highest BCUT2D eigenvalue weighted by Gasteiger charge is 2.20. The first-order valence-electron chi connectivity index (χ1n) is 10.1. The second-order valence-corrected chi connectivity index (χ2v) is 8.53. The number of nitrogens with zero attached hydrogens (tertiary/aromatic N) is 2. The molecule has 3 aromatic heterocycles. The second-order valence-electron chi connectivity index (χ2n) is 7.54. The largest absolute Gasteiger partial charge is 0.397 e. The van der Waals surface area contributed by atoms with E-state index in [2.05, 4.69) is 16.4 Å². The molecule has 5 rings (SSSR count). The Kier molecular flexibility index (Phi) is 4.64. The lowest BCUT2D eigenvalue weighted by atomic mass is 9.96. The van der Waals surface area contributed by atoms with E-state index < -0.39 is 0 Å². The fourth-order valence-corrected chi connectivity index (χ4v) is 5.06. The molecule has 1 aliphatic rings. The number of benzene rings is 1. The molecule has 29 heavy (non-hydrogen) atoms. The fourth-order valence-electron chi connectivity index (χ4n) is 4.07. The number of thiophene rings is 1. The summed E-state index contributed by atoms with van der Waals surface area (Å²) in [4.78, 5) is 23.7. The number of hydrogen-bond donors (Lipinski definition) is 2. The highest BCUT2D eigenvalue weighted by molar-refractivity contribution is 7.21. The summed E-state index contributed by atoms with van der Waals surface area (Å²) in [5.74, 6) is -0.200. The number of rotatable bonds is 2. The van der Waals surface area contributed by atoms with Crippen molar-refractivity contribution in [1.82, 2.24) is 9.97 Å². The molecule has 0 fully saturated rings. The smallest absolute Gasteiger partial charge is 0.267 e. The van der Waals surface area contributed by atoms with Gasteiger partial charge in [-0.3, -0.25) is 9.78 Å². The van der Waals surface area contributed by atoms with Crippen molar-refractivity contribution in [3.8, 4) is 0 Å². The molecule has 0 bridgehead atoms. The Bertz CT molecular complexity index is 1230. The molecule has 0 unspecified atom stereocenters. The van der Waals surface area contributed by atoms with E-state index in [1.54, 1.807) is 6.20 Å². The summed E-state index contributed by atoms with van der Waals surface area (Å²) >= 11 is 1.38. The zero-order chi connectivity index (χ0) is 19.8. The molecule has 5 nitrogen and oxygen atoms in total. The fraction of sp³-hybridized carbons (Fsp3) is 0.261. The maximum absolute atomic E-state index is 13.1. The first-order chi connectivity index (χ1) is 14.2. The topological polar surface area (TPSA) is 80.9 Å². The molecule has 0 spiro atoms. The van der Waals surface area contributed by atoms with Crippen molar-refractivity contribution in [2.24, 2.45) is 0 Å². The van der Waals surface area contributed by atoms with Crippen molar-refractivity contribution in [3.63, 3.8) is 0 Å². The van der Waals surface area contributed by atoms with E-state index in [0.717, 1.165) is 39.6 Å². The van der Waals surface area contributed by atoms with Gasteiger partial charge in [0.1, 0.15) is 9.71 Å². The van der Waals surface area contributed by atoms with Gasteiger partial charge in [0.05, 0.1) is 16.9 Å². The van der Waals surface area contributed by atoms with Gasteiger partial charge in [0.2, 0.25) is 0 Å². The number of carbonyl (C=O) groups excluding carboxylic acids is 1. The van der Waals surface area contributed by atoms with Crippen molar-refractivity contribution in [3.05, 3.63) is 58.7 Å². The summed E-state index contributed by atoms with van der Waals surface area (Å²) in [6, 6.07) is 11.7. The molecule has 1 amide bonds. The molecular weight excluding hydrogens is 380 g/mol. The van der Waals surface area contributed by atoms with Gasteiger partial charge in [-0.1, -0.05) is 18.9 Å². The third kappa shape index (κ3) is 3.34. The van der Waals surface area contributed by atoms with Crippen LogP contribution in [-0.4, -0.2) is 15.9 Å². The molecule has 0 aliphatic heterocycles. The summed E-state index contributed by atoms with van der Waals surface area (Å²) in [7, 11) is 0. The van der Waals surface area contributed by atoms with E-state index in [1.807, 2.05) is 30.3 Å². The van der Waals surface area contributed by atoms with Crippen LogP contribution in [0.4, 0.5) is 11.4 Å². The first kappa shape index (κ1) is 18.1. The molecule has 6 heteroatoms. The molecular formula is C23H22N4OS. The van der Waals surface area contributed by atoms with E-state index in [4.69, 9.17) is 10.7 Å². The number of hydrogen-bond acceptors (Lipinski definition) is 5. The number of aryl methyl sites for hydroxylation is 2. The van der Waals surface area contributed by atoms with E-state index in [9.17, 15) is 4.79 Å². The number of aromatic nitrogens is 2. The van der Waals surface area contributed by atoms with Gasteiger partial charge >= 0.3 is 0 Å². The SMILES string of the molecule is Nc1c(C(=O)Nc2cccc3ncccc23)sc2nc3c(cc12)CCCCCC3. The highest BCUT2D eigenvalue weighted by Crippen LogP contribution is 2.36. The lowest BCUT2D eigenvalue weighted by molar-refractivity contribution is 0.103. The number of fused-ring (bicyclic) bond motifs is 3. The minimum absolute atomic E-state index is 0.200. The quantitative estimate of drug-likeness (QED) is 0.474. The zero-order valence-corrected chi connectivity index (χ0v) is 16.9. The number of carbonyl (C=O) groups is 1. The third-order valence-corrected chi connectivity index (χ3v) is 6.71. The minimum Gasteiger partial charge on any atom is -0.397 e. The van der Waals surface area contributed by atoms with Gasteiger partial charge in [-0.15, -0.1) is 11.3 Å². The third-order valence-electron chi connectivity index (χ3n) is 5.60. The molecule has 0 atom stereocenters. The Morgan fingerprint density at radius 3 is 2.79 bits per heavy atom. The summed E-state index contributed by atoms with van der Waals surface area (Å²) in [6.45, 7) is 0. The van der Waals surface area contributed by atoms with Gasteiger partial charge in [0.15, 0.2) is 0 Å². The van der Waals surface area contributed by atoms with E-state index in [1.165, 1.54) is 48.3 Å². The standard InChI is InChI=1S/C23H22N4OS/c24-20-16-13-14-7-3-1-2-4-9-17(14)27-23(16)29-21(20)22(28)26-19-11-5-10-18-15(19)8-6-12-25-18/h5-6,8,10-13H,1-4,7,9,24H2,(H,26,28). The number of nitrogen functional groups attached to an aromatic ring is 1. The number of nitrogens with two attached hydrogens (primary N) is 1. The van der Waals surface area contributed by atoms with Gasteiger partial charge in [-0.05, 0) is 61.6 Å². The van der Waals surface area contributed by atoms with Crippen molar-refractivity contribution >= 4 is 49.7 Å². The average molecular weight is 403 g/mol. The van der Waals surface area contributed by atoms with Gasteiger partial charge in [0, 0.05) is 22.7 Å². The van der Waals surface area contributed by atoms with Crippen LogP contribution in [0.1, 0.15) is 46.6 Å². The van der Waals surface area contributed by atoms with Crippen LogP contribution in [0.25, 0.3) is 21.1 Å². The number of nitrogens with one attached hydrogen (secondary N) is 1. The second kappa shape index (κ2) is 7.44. The number of anilines is 2. The molecule has 0 saturated carbocycles. The average Bonchev–Trinajstić information content (AvgIpc) is 3.04. The number of amides is 1. The molecule has 4 aromatic rings. The number of pyridine rings is 2. The Balaban J connectivity index is 1.52. The van der Waals surface area contributed by atoms with Crippen LogP contribution >= 0.6 is 11.3 Å². The van der Waals surface area contributed by atoms with Gasteiger partial charge < -0.3 is 11.1 Å². The molecule has 3 heterocycles. The first-order valence-corrected chi connectivity index (χ1v) is 10.9. The van der Waals surface area contributed by atoms with Crippen LogP contribution in [0.5, 0.6) is 0 Å². The van der Waals surface area contributed by atoms with E-state index in [-0.39, 0.29) is 5.91 Å². The van der Waals surface area contributed by atoms with Crippen molar-refractivity contribution in [2.45, 2.75) is 38.5 Å². The Hall–Kier alpha value is -2.99. The van der Waals surface area contributed by atoms with Crippen LogP contribution in [-0.2, 0) is 12.8 Å². The molecule has 1 aliphatic carbocycles. The van der Waals surface area contributed by atoms with Crippen LogP contribution in [0, 0.1) is 0 Å². The normalized spacial score (nSPS) is 14.3. The minimum atomic E-state index is -0.200. The molecule has 1 aromatic carbocycles.